The molecule has 0 aromatic heterocycles. The number of nitrogens with zero attached hydrogens (tertiary/aromatic N) is 1. The van der Waals surface area contributed by atoms with Crippen LogP contribution in [0, 0.1) is 5.82 Å². The molecule has 1 heterocycles. The Morgan fingerprint density at radius 2 is 1.97 bits per heavy atom. The fourth-order valence-corrected chi connectivity index (χ4v) is 3.14. The number of hydrogen-bond donors (Lipinski definition) is 1. The van der Waals surface area contributed by atoms with Crippen LogP contribution in [-0.4, -0.2) is 53.5 Å². The lowest BCUT2D eigenvalue weighted by Crippen LogP contribution is -2.57. The Morgan fingerprint density at radius 1 is 1.28 bits per heavy atom. The summed E-state index contributed by atoms with van der Waals surface area (Å²) >= 11 is 5.61. The Labute approximate surface area is 174 Å². The minimum atomic E-state index is -0.698. The summed E-state index contributed by atoms with van der Waals surface area (Å²) in [5.41, 5.74) is -0.698. The molecular weight excluding hydrogens is 403 g/mol. The van der Waals surface area contributed by atoms with E-state index in [9.17, 15) is 18.8 Å². The number of piperidine rings is 1. The lowest BCUT2D eigenvalue weighted by atomic mass is 9.96. The molecule has 1 aliphatic heterocycles. The van der Waals surface area contributed by atoms with Crippen molar-refractivity contribution in [3.05, 3.63) is 29.0 Å². The molecule has 2 rings (SSSR count). The molecule has 1 saturated heterocycles. The van der Waals surface area contributed by atoms with Gasteiger partial charge in [-0.05, 0) is 52.7 Å². The highest BCUT2D eigenvalue weighted by atomic mass is 35.5. The van der Waals surface area contributed by atoms with E-state index < -0.39 is 29.5 Å². The number of rotatable bonds is 5. The van der Waals surface area contributed by atoms with Gasteiger partial charge in [0.25, 0.3) is 5.91 Å². The van der Waals surface area contributed by atoms with Crippen LogP contribution in [0.1, 0.15) is 40.5 Å². The second-order valence-corrected chi connectivity index (χ2v) is 8.37. The van der Waals surface area contributed by atoms with Gasteiger partial charge in [0.15, 0.2) is 12.4 Å². The Kier molecular flexibility index (Phi) is 7.46. The van der Waals surface area contributed by atoms with Crippen LogP contribution in [0.2, 0.25) is 5.02 Å². The van der Waals surface area contributed by atoms with Gasteiger partial charge in [-0.1, -0.05) is 11.6 Å². The van der Waals surface area contributed by atoms with Crippen molar-refractivity contribution in [2.45, 2.75) is 58.2 Å². The van der Waals surface area contributed by atoms with E-state index >= 15 is 0 Å². The van der Waals surface area contributed by atoms with Gasteiger partial charge >= 0.3 is 6.09 Å². The summed E-state index contributed by atoms with van der Waals surface area (Å²) in [6.45, 7) is 6.50. The first-order valence-electron chi connectivity index (χ1n) is 9.33. The normalized spacial score (nSPS) is 19.4. The number of halogens is 2. The third kappa shape index (κ3) is 6.88. The van der Waals surface area contributed by atoms with Crippen molar-refractivity contribution in [1.29, 1.82) is 0 Å². The van der Waals surface area contributed by atoms with Gasteiger partial charge in [0, 0.05) is 18.7 Å². The lowest BCUT2D eigenvalue weighted by molar-refractivity contribution is -0.125. The van der Waals surface area contributed by atoms with Crippen molar-refractivity contribution in [1.82, 2.24) is 10.2 Å². The molecule has 0 radical (unpaired) electrons. The first kappa shape index (κ1) is 22.9. The summed E-state index contributed by atoms with van der Waals surface area (Å²) in [5.74, 6) is -1.01. The van der Waals surface area contributed by atoms with Crippen LogP contribution < -0.4 is 10.1 Å². The maximum Gasteiger partial charge on any atom is 0.410 e. The highest BCUT2D eigenvalue weighted by molar-refractivity contribution is 6.30. The van der Waals surface area contributed by atoms with Crippen LogP contribution >= 0.6 is 11.6 Å². The summed E-state index contributed by atoms with van der Waals surface area (Å²) in [7, 11) is 0. The summed E-state index contributed by atoms with van der Waals surface area (Å²) in [5, 5.41) is 2.74. The Morgan fingerprint density at radius 3 is 2.55 bits per heavy atom. The number of amides is 2. The zero-order valence-electron chi connectivity index (χ0n) is 17.0. The standard InChI is InChI=1S/C20H26ClFN2O5/c1-12(25)17-8-5-13(10-24(17)19(27)29-20(2,3)4)23-18(26)11-28-14-6-7-15(21)16(22)9-14/h6-7,9,13,17H,5,8,10-11H2,1-4H3,(H,23,26)/t13-,17+/m0/s1. The number of carbonyl (C=O) groups is 3. The summed E-state index contributed by atoms with van der Waals surface area (Å²) < 4.78 is 24.1. The van der Waals surface area contributed by atoms with Gasteiger partial charge in [0.1, 0.15) is 17.2 Å². The number of Topliss-reactive ketones (excluding diaryl/α,β-unsaturated/α-hetero) is 1. The molecule has 0 spiro atoms. The van der Waals surface area contributed by atoms with Crippen LogP contribution in [0.25, 0.3) is 0 Å². The molecule has 1 aromatic carbocycles. The molecule has 1 aliphatic rings. The van der Waals surface area contributed by atoms with Crippen LogP contribution in [0.15, 0.2) is 18.2 Å². The van der Waals surface area contributed by atoms with E-state index in [0.29, 0.717) is 12.8 Å². The van der Waals surface area contributed by atoms with Crippen LogP contribution in [0.3, 0.4) is 0 Å². The van der Waals surface area contributed by atoms with E-state index in [1.165, 1.54) is 24.0 Å². The predicted molar refractivity (Wildman–Crippen MR) is 105 cm³/mol. The number of nitrogens with one attached hydrogen (secondary N) is 1. The molecule has 0 bridgehead atoms. The topological polar surface area (TPSA) is 84.9 Å². The van der Waals surface area contributed by atoms with Gasteiger partial charge in [0.2, 0.25) is 0 Å². The molecule has 0 saturated carbocycles. The summed E-state index contributed by atoms with van der Waals surface area (Å²) in [6, 6.07) is 2.97. The number of hydrogen-bond acceptors (Lipinski definition) is 5. The van der Waals surface area contributed by atoms with Gasteiger partial charge in [-0.2, -0.15) is 0 Å². The average Bonchev–Trinajstić information content (AvgIpc) is 2.61. The van der Waals surface area contributed by atoms with Crippen LogP contribution in [0.4, 0.5) is 9.18 Å². The highest BCUT2D eigenvalue weighted by Crippen LogP contribution is 2.22. The molecule has 1 aromatic rings. The van der Waals surface area contributed by atoms with E-state index in [4.69, 9.17) is 21.1 Å². The van der Waals surface area contributed by atoms with E-state index in [1.54, 1.807) is 20.8 Å². The van der Waals surface area contributed by atoms with Crippen molar-refractivity contribution >= 4 is 29.4 Å². The number of ether oxygens (including phenoxy) is 2. The fourth-order valence-electron chi connectivity index (χ4n) is 3.02. The van der Waals surface area contributed by atoms with Gasteiger partial charge in [0.05, 0.1) is 11.1 Å². The predicted octanol–water partition coefficient (Wildman–Crippen LogP) is 3.33. The van der Waals surface area contributed by atoms with E-state index in [1.807, 2.05) is 0 Å². The van der Waals surface area contributed by atoms with Gasteiger partial charge < -0.3 is 14.8 Å². The molecule has 29 heavy (non-hydrogen) atoms. The van der Waals surface area contributed by atoms with Crippen LogP contribution in [-0.2, 0) is 14.3 Å². The zero-order valence-corrected chi connectivity index (χ0v) is 17.7. The molecule has 2 amide bonds. The summed E-state index contributed by atoms with van der Waals surface area (Å²) in [6.07, 6.45) is 0.359. The first-order chi connectivity index (χ1) is 13.5. The van der Waals surface area contributed by atoms with E-state index in [2.05, 4.69) is 5.32 Å². The second-order valence-electron chi connectivity index (χ2n) is 7.97. The monoisotopic (exact) mass is 428 g/mol. The van der Waals surface area contributed by atoms with Crippen molar-refractivity contribution in [3.63, 3.8) is 0 Å². The van der Waals surface area contributed by atoms with E-state index in [-0.39, 0.29) is 35.7 Å². The molecule has 9 heteroatoms. The Balaban J connectivity index is 1.94. The molecule has 1 N–H and O–H groups in total. The molecule has 0 aliphatic carbocycles. The molecule has 2 atom stereocenters. The third-order valence-electron chi connectivity index (χ3n) is 4.31. The Bertz CT molecular complexity index is 781. The SMILES string of the molecule is CC(=O)[C@H]1CC[C@H](NC(=O)COc2ccc(Cl)c(F)c2)CN1C(=O)OC(C)(C)C. The highest BCUT2D eigenvalue weighted by Gasteiger charge is 2.37. The van der Waals surface area contributed by atoms with Gasteiger partial charge in [-0.15, -0.1) is 0 Å². The minimum Gasteiger partial charge on any atom is -0.484 e. The average molecular weight is 429 g/mol. The second kappa shape index (κ2) is 9.43. The smallest absolute Gasteiger partial charge is 0.410 e. The summed E-state index contributed by atoms with van der Waals surface area (Å²) in [4.78, 5) is 38.0. The van der Waals surface area contributed by atoms with Gasteiger partial charge in [-0.25, -0.2) is 9.18 Å². The number of benzene rings is 1. The molecular formula is C20H26ClFN2O5. The van der Waals surface area contributed by atoms with E-state index in [0.717, 1.165) is 6.07 Å². The van der Waals surface area contributed by atoms with Gasteiger partial charge in [-0.3, -0.25) is 14.5 Å². The third-order valence-corrected chi connectivity index (χ3v) is 4.61. The number of likely N-dealkylation sites (tertiary alicyclic amines) is 1. The molecule has 7 nitrogen and oxygen atoms in total. The van der Waals surface area contributed by atoms with Crippen molar-refractivity contribution < 1.29 is 28.2 Å². The maximum absolute atomic E-state index is 13.4. The Hall–Kier alpha value is -2.35. The lowest BCUT2D eigenvalue weighted by Gasteiger charge is -2.39. The number of carbonyl (C=O) groups excluding carboxylic acids is 3. The van der Waals surface area contributed by atoms with Crippen LogP contribution in [0.5, 0.6) is 5.75 Å². The van der Waals surface area contributed by atoms with Crippen molar-refractivity contribution in [2.75, 3.05) is 13.2 Å². The molecule has 0 unspecified atom stereocenters. The number of ketones is 1. The quantitative estimate of drug-likeness (QED) is 0.777. The van der Waals surface area contributed by atoms with Crippen molar-refractivity contribution in [2.24, 2.45) is 0 Å². The maximum atomic E-state index is 13.4. The fraction of sp³-hybridized carbons (Fsp3) is 0.550. The first-order valence-corrected chi connectivity index (χ1v) is 9.71. The van der Waals surface area contributed by atoms with Crippen molar-refractivity contribution in [3.8, 4) is 5.75 Å². The minimum absolute atomic E-state index is 0.0359. The largest absolute Gasteiger partial charge is 0.484 e. The molecule has 1 fully saturated rings. The molecule has 160 valence electrons. The zero-order chi connectivity index (χ0) is 21.8.